The Morgan fingerprint density at radius 3 is 2.48 bits per heavy atom. The fourth-order valence-corrected chi connectivity index (χ4v) is 2.02. The minimum absolute atomic E-state index is 0.0552. The number of hydrogen-bond acceptors (Lipinski definition) is 3. The van der Waals surface area contributed by atoms with E-state index in [1.165, 1.54) is 12.1 Å². The average Bonchev–Trinajstić information content (AvgIpc) is 2.58. The van der Waals surface area contributed by atoms with Crippen LogP contribution in [0.4, 0.5) is 0 Å². The fourth-order valence-electron chi connectivity index (χ4n) is 2.02. The normalized spacial score (nSPS) is 10.1. The molecule has 0 fully saturated rings. The average molecular weight is 313 g/mol. The van der Waals surface area contributed by atoms with Crippen molar-refractivity contribution in [2.75, 3.05) is 6.61 Å². The van der Waals surface area contributed by atoms with Gasteiger partial charge in [0.25, 0.3) is 5.91 Å². The van der Waals surface area contributed by atoms with Gasteiger partial charge in [0.05, 0.1) is 5.56 Å². The highest BCUT2D eigenvalue weighted by atomic mass is 16.5. The monoisotopic (exact) mass is 313 g/mol. The van der Waals surface area contributed by atoms with Gasteiger partial charge in [0, 0.05) is 6.54 Å². The van der Waals surface area contributed by atoms with Crippen molar-refractivity contribution in [3.8, 4) is 5.75 Å². The van der Waals surface area contributed by atoms with Crippen LogP contribution in [-0.4, -0.2) is 23.6 Å². The molecule has 0 saturated carbocycles. The van der Waals surface area contributed by atoms with Crippen LogP contribution in [0.15, 0.2) is 48.5 Å². The van der Waals surface area contributed by atoms with E-state index in [9.17, 15) is 9.59 Å². The van der Waals surface area contributed by atoms with Gasteiger partial charge < -0.3 is 15.2 Å². The van der Waals surface area contributed by atoms with Crippen LogP contribution in [0.3, 0.4) is 0 Å². The molecule has 2 aromatic carbocycles. The molecule has 5 nitrogen and oxygen atoms in total. The Labute approximate surface area is 134 Å². The van der Waals surface area contributed by atoms with Crippen LogP contribution in [-0.2, 0) is 17.8 Å². The summed E-state index contributed by atoms with van der Waals surface area (Å²) in [5.41, 5.74) is 2.21. The van der Waals surface area contributed by atoms with Gasteiger partial charge in [-0.15, -0.1) is 0 Å². The quantitative estimate of drug-likeness (QED) is 0.824. The predicted molar refractivity (Wildman–Crippen MR) is 86.6 cm³/mol. The number of carboxylic acids is 1. The van der Waals surface area contributed by atoms with Crippen molar-refractivity contribution in [2.24, 2.45) is 0 Å². The van der Waals surface area contributed by atoms with Crippen molar-refractivity contribution in [3.05, 3.63) is 65.2 Å². The van der Waals surface area contributed by atoms with E-state index in [4.69, 9.17) is 9.84 Å². The molecule has 2 N–H and O–H groups in total. The maximum atomic E-state index is 11.8. The summed E-state index contributed by atoms with van der Waals surface area (Å²) in [5.74, 6) is -0.525. The second-order valence-corrected chi connectivity index (χ2v) is 5.07. The summed E-state index contributed by atoms with van der Waals surface area (Å²) in [6.45, 7) is 2.33. The number of carbonyl (C=O) groups excluding carboxylic acids is 1. The molecular weight excluding hydrogens is 294 g/mol. The molecule has 0 radical (unpaired) electrons. The Kier molecular flexibility index (Phi) is 5.74. The standard InChI is InChI=1S/C18H19NO4/c1-2-13-4-3-5-16(10-13)23-12-17(20)19-11-14-6-8-15(9-7-14)18(21)22/h3-10H,2,11-12H2,1H3,(H,19,20)(H,21,22). The van der Waals surface area contributed by atoms with Crippen molar-refractivity contribution in [2.45, 2.75) is 19.9 Å². The number of carboxylic acid groups (broad SMARTS) is 1. The van der Waals surface area contributed by atoms with Gasteiger partial charge in [0.2, 0.25) is 0 Å². The third-order valence-corrected chi connectivity index (χ3v) is 3.37. The van der Waals surface area contributed by atoms with Gasteiger partial charge >= 0.3 is 5.97 Å². The number of nitrogens with one attached hydrogen (secondary N) is 1. The zero-order valence-electron chi connectivity index (χ0n) is 12.9. The molecular formula is C18H19NO4. The van der Waals surface area contributed by atoms with Crippen molar-refractivity contribution in [1.29, 1.82) is 0 Å². The zero-order valence-corrected chi connectivity index (χ0v) is 12.9. The third-order valence-electron chi connectivity index (χ3n) is 3.37. The Morgan fingerprint density at radius 1 is 1.09 bits per heavy atom. The smallest absolute Gasteiger partial charge is 0.335 e. The lowest BCUT2D eigenvalue weighted by Crippen LogP contribution is -2.28. The maximum Gasteiger partial charge on any atom is 0.335 e. The first-order valence-electron chi connectivity index (χ1n) is 7.39. The molecule has 120 valence electrons. The van der Waals surface area contributed by atoms with Gasteiger partial charge in [-0.05, 0) is 41.8 Å². The van der Waals surface area contributed by atoms with Gasteiger partial charge in [-0.25, -0.2) is 4.79 Å². The summed E-state index contributed by atoms with van der Waals surface area (Å²) in [5, 5.41) is 11.6. The summed E-state index contributed by atoms with van der Waals surface area (Å²) < 4.78 is 5.46. The molecule has 0 atom stereocenters. The van der Waals surface area contributed by atoms with Gasteiger partial charge in [-0.3, -0.25) is 4.79 Å². The van der Waals surface area contributed by atoms with E-state index in [0.29, 0.717) is 12.3 Å². The summed E-state index contributed by atoms with van der Waals surface area (Å²) >= 11 is 0. The molecule has 0 unspecified atom stereocenters. The molecule has 0 heterocycles. The largest absolute Gasteiger partial charge is 0.484 e. The zero-order chi connectivity index (χ0) is 16.7. The van der Waals surface area contributed by atoms with Crippen molar-refractivity contribution >= 4 is 11.9 Å². The molecule has 0 aliphatic carbocycles. The molecule has 0 aliphatic heterocycles. The number of rotatable bonds is 7. The van der Waals surface area contributed by atoms with E-state index in [0.717, 1.165) is 17.5 Å². The summed E-state index contributed by atoms with van der Waals surface area (Å²) in [6.07, 6.45) is 0.912. The van der Waals surface area contributed by atoms with Crippen molar-refractivity contribution in [3.63, 3.8) is 0 Å². The highest BCUT2D eigenvalue weighted by Crippen LogP contribution is 2.13. The fraction of sp³-hybridized carbons (Fsp3) is 0.222. The molecule has 0 aromatic heterocycles. The third kappa shape index (κ3) is 5.14. The summed E-state index contributed by atoms with van der Waals surface area (Å²) in [4.78, 5) is 22.5. The lowest BCUT2D eigenvalue weighted by atomic mass is 10.1. The number of aryl methyl sites for hydroxylation is 1. The van der Waals surface area contributed by atoms with Crippen LogP contribution >= 0.6 is 0 Å². The SMILES string of the molecule is CCc1cccc(OCC(=O)NCc2ccc(C(=O)O)cc2)c1. The van der Waals surface area contributed by atoms with E-state index in [1.54, 1.807) is 12.1 Å². The van der Waals surface area contributed by atoms with Crippen LogP contribution in [0.2, 0.25) is 0 Å². The highest BCUT2D eigenvalue weighted by Gasteiger charge is 2.05. The lowest BCUT2D eigenvalue weighted by Gasteiger charge is -2.08. The molecule has 0 aliphatic rings. The molecule has 0 saturated heterocycles. The van der Waals surface area contributed by atoms with E-state index in [1.807, 2.05) is 24.3 Å². The molecule has 2 rings (SSSR count). The van der Waals surface area contributed by atoms with Crippen molar-refractivity contribution in [1.82, 2.24) is 5.32 Å². The molecule has 0 bridgehead atoms. The van der Waals surface area contributed by atoms with Gasteiger partial charge in [0.1, 0.15) is 5.75 Å². The maximum absolute atomic E-state index is 11.8. The van der Waals surface area contributed by atoms with Crippen molar-refractivity contribution < 1.29 is 19.4 Å². The Balaban J connectivity index is 1.79. The van der Waals surface area contributed by atoms with Gasteiger partial charge in [-0.1, -0.05) is 31.2 Å². The van der Waals surface area contributed by atoms with Crippen LogP contribution < -0.4 is 10.1 Å². The molecule has 5 heteroatoms. The van der Waals surface area contributed by atoms with Gasteiger partial charge in [0.15, 0.2) is 6.61 Å². The van der Waals surface area contributed by atoms with E-state index in [2.05, 4.69) is 12.2 Å². The van der Waals surface area contributed by atoms with E-state index >= 15 is 0 Å². The number of ether oxygens (including phenoxy) is 1. The number of hydrogen-bond donors (Lipinski definition) is 2. The van der Waals surface area contributed by atoms with Crippen LogP contribution in [0.1, 0.15) is 28.4 Å². The lowest BCUT2D eigenvalue weighted by molar-refractivity contribution is -0.123. The van der Waals surface area contributed by atoms with Crippen LogP contribution in [0.25, 0.3) is 0 Å². The highest BCUT2D eigenvalue weighted by molar-refractivity contribution is 5.87. The second-order valence-electron chi connectivity index (χ2n) is 5.07. The Hall–Kier alpha value is -2.82. The van der Waals surface area contributed by atoms with Crippen LogP contribution in [0, 0.1) is 0 Å². The first kappa shape index (κ1) is 16.5. The Morgan fingerprint density at radius 2 is 1.83 bits per heavy atom. The number of amides is 1. The molecule has 23 heavy (non-hydrogen) atoms. The van der Waals surface area contributed by atoms with E-state index < -0.39 is 5.97 Å². The van der Waals surface area contributed by atoms with E-state index in [-0.39, 0.29) is 18.1 Å². The first-order valence-corrected chi connectivity index (χ1v) is 7.39. The predicted octanol–water partition coefficient (Wildman–Crippen LogP) is 2.64. The number of aromatic carboxylic acids is 1. The molecule has 1 amide bonds. The second kappa shape index (κ2) is 7.98. The molecule has 2 aromatic rings. The van der Waals surface area contributed by atoms with Crippen LogP contribution in [0.5, 0.6) is 5.75 Å². The van der Waals surface area contributed by atoms with Gasteiger partial charge in [-0.2, -0.15) is 0 Å². The Bertz CT molecular complexity index is 680. The summed E-state index contributed by atoms with van der Waals surface area (Å²) in [7, 11) is 0. The minimum atomic E-state index is -0.969. The molecule has 0 spiro atoms. The first-order chi connectivity index (χ1) is 11.1. The summed E-state index contributed by atoms with van der Waals surface area (Å²) in [6, 6.07) is 14.0. The number of carbonyl (C=O) groups is 2. The topological polar surface area (TPSA) is 75.6 Å². The number of benzene rings is 2. The minimum Gasteiger partial charge on any atom is -0.484 e.